The zero-order valence-corrected chi connectivity index (χ0v) is 17.9. The fourth-order valence-corrected chi connectivity index (χ4v) is 2.56. The molecule has 0 radical (unpaired) electrons. The van der Waals surface area contributed by atoms with Gasteiger partial charge in [-0.3, -0.25) is 9.59 Å². The lowest BCUT2D eigenvalue weighted by Gasteiger charge is -2.28. The van der Waals surface area contributed by atoms with Gasteiger partial charge >= 0.3 is 17.9 Å². The van der Waals surface area contributed by atoms with Crippen molar-refractivity contribution in [2.45, 2.75) is 57.5 Å². The first kappa shape index (κ1) is 26.6. The molecule has 0 bridgehead atoms. The van der Waals surface area contributed by atoms with Gasteiger partial charge in [-0.1, -0.05) is 30.4 Å². The third-order valence-corrected chi connectivity index (χ3v) is 3.79. The summed E-state index contributed by atoms with van der Waals surface area (Å²) in [6.45, 7) is 0.433. The highest BCUT2D eigenvalue weighted by molar-refractivity contribution is 5.82. The quantitative estimate of drug-likeness (QED) is 0.133. The van der Waals surface area contributed by atoms with Gasteiger partial charge in [0.2, 0.25) is 0 Å². The number of unbranched alkanes of at least 4 members (excludes halogenated alkanes) is 3. The van der Waals surface area contributed by atoms with Gasteiger partial charge in [-0.15, -0.1) is 0 Å². The molecule has 0 spiro atoms. The molecule has 7 heteroatoms. The topological polar surface area (TPSA) is 101 Å². The molecule has 0 saturated heterocycles. The number of rotatable bonds is 16. The predicted molar refractivity (Wildman–Crippen MR) is 112 cm³/mol. The second-order valence-electron chi connectivity index (χ2n) is 7.92. The van der Waals surface area contributed by atoms with E-state index in [9.17, 15) is 14.4 Å². The van der Waals surface area contributed by atoms with Crippen molar-refractivity contribution in [2.75, 3.05) is 27.7 Å². The van der Waals surface area contributed by atoms with Crippen LogP contribution in [-0.2, 0) is 19.1 Å². The Balaban J connectivity index is 3.97. The van der Waals surface area contributed by atoms with Crippen LogP contribution in [0.4, 0.5) is 0 Å². The highest BCUT2D eigenvalue weighted by Crippen LogP contribution is 2.06. The van der Waals surface area contributed by atoms with Crippen LogP contribution in [0, 0.1) is 0 Å². The number of hydrogen-bond acceptors (Lipinski definition) is 4. The van der Waals surface area contributed by atoms with Gasteiger partial charge in [-0.25, -0.2) is 4.79 Å². The van der Waals surface area contributed by atoms with E-state index in [1.165, 1.54) is 6.08 Å². The second kappa shape index (κ2) is 15.5. The van der Waals surface area contributed by atoms with Gasteiger partial charge < -0.3 is 19.4 Å². The molecule has 0 aromatic heterocycles. The lowest BCUT2D eigenvalue weighted by molar-refractivity contribution is -0.873. The van der Waals surface area contributed by atoms with Gasteiger partial charge in [-0.2, -0.15) is 0 Å². The molecular formula is C22H36NO6+. The van der Waals surface area contributed by atoms with Gasteiger partial charge in [0.1, 0.15) is 6.54 Å². The molecule has 0 saturated carbocycles. The Hall–Kier alpha value is -2.41. The number of hydrogen-bond donors (Lipinski definition) is 2. The summed E-state index contributed by atoms with van der Waals surface area (Å²) < 4.78 is 5.78. The van der Waals surface area contributed by atoms with Gasteiger partial charge in [0.15, 0.2) is 6.10 Å². The van der Waals surface area contributed by atoms with Crippen LogP contribution >= 0.6 is 0 Å². The van der Waals surface area contributed by atoms with E-state index < -0.39 is 24.0 Å². The number of quaternary nitrogens is 1. The molecule has 0 aliphatic rings. The van der Waals surface area contributed by atoms with Crippen molar-refractivity contribution < 1.29 is 33.8 Å². The molecule has 164 valence electrons. The maximum atomic E-state index is 11.9. The van der Waals surface area contributed by atoms with Crippen LogP contribution in [0.2, 0.25) is 0 Å². The molecule has 29 heavy (non-hydrogen) atoms. The molecule has 0 aliphatic heterocycles. The average Bonchev–Trinajstić information content (AvgIpc) is 2.56. The number of esters is 1. The maximum Gasteiger partial charge on any atom is 0.330 e. The summed E-state index contributed by atoms with van der Waals surface area (Å²) in [4.78, 5) is 33.2. The monoisotopic (exact) mass is 410 g/mol. The minimum absolute atomic E-state index is 0.203. The van der Waals surface area contributed by atoms with E-state index in [-0.39, 0.29) is 12.8 Å². The third-order valence-electron chi connectivity index (χ3n) is 3.79. The van der Waals surface area contributed by atoms with E-state index in [2.05, 4.69) is 18.2 Å². The van der Waals surface area contributed by atoms with Crippen molar-refractivity contribution in [1.82, 2.24) is 0 Å². The molecule has 0 aromatic rings. The number of allylic oxidation sites excluding steroid dienone is 5. The first-order chi connectivity index (χ1) is 13.6. The Morgan fingerprint density at radius 3 is 1.83 bits per heavy atom. The number of carboxylic acid groups (broad SMARTS) is 2. The van der Waals surface area contributed by atoms with Crippen LogP contribution in [0.1, 0.15) is 51.4 Å². The molecule has 0 heterocycles. The van der Waals surface area contributed by atoms with Gasteiger partial charge in [0, 0.05) is 12.5 Å². The zero-order chi connectivity index (χ0) is 22.1. The summed E-state index contributed by atoms with van der Waals surface area (Å²) in [7, 11) is 5.75. The molecule has 0 aromatic carbocycles. The largest absolute Gasteiger partial charge is 0.481 e. The Bertz CT molecular complexity index is 587. The van der Waals surface area contributed by atoms with Crippen LogP contribution < -0.4 is 0 Å². The summed E-state index contributed by atoms with van der Waals surface area (Å²) in [5.74, 6) is -2.25. The van der Waals surface area contributed by atoms with E-state index >= 15 is 0 Å². The normalized spacial score (nSPS) is 13.3. The highest BCUT2D eigenvalue weighted by Gasteiger charge is 2.23. The van der Waals surface area contributed by atoms with Crippen LogP contribution in [-0.4, -0.2) is 66.4 Å². The second-order valence-corrected chi connectivity index (χ2v) is 7.92. The Morgan fingerprint density at radius 2 is 1.34 bits per heavy atom. The average molecular weight is 411 g/mol. The van der Waals surface area contributed by atoms with E-state index in [0.29, 0.717) is 23.9 Å². The van der Waals surface area contributed by atoms with Crippen LogP contribution in [0.15, 0.2) is 36.5 Å². The summed E-state index contributed by atoms with van der Waals surface area (Å²) in [5.41, 5.74) is 0. The third kappa shape index (κ3) is 20.1. The highest BCUT2D eigenvalue weighted by atomic mass is 16.5. The van der Waals surface area contributed by atoms with Crippen molar-refractivity contribution >= 4 is 17.9 Å². The number of carbonyl (C=O) groups excluding carboxylic acids is 1. The first-order valence-electron chi connectivity index (χ1n) is 10.0. The lowest BCUT2D eigenvalue weighted by atomic mass is 10.2. The molecule has 0 aliphatic carbocycles. The Labute approximate surface area is 173 Å². The van der Waals surface area contributed by atoms with E-state index in [4.69, 9.17) is 14.9 Å². The van der Waals surface area contributed by atoms with E-state index in [1.807, 2.05) is 27.2 Å². The summed E-state index contributed by atoms with van der Waals surface area (Å²) in [6, 6.07) is 0. The zero-order valence-electron chi connectivity index (χ0n) is 17.9. The van der Waals surface area contributed by atoms with Gasteiger partial charge in [0.05, 0.1) is 27.6 Å². The number of ether oxygens (including phenoxy) is 1. The number of aliphatic carboxylic acids is 2. The minimum Gasteiger partial charge on any atom is -0.481 e. The Morgan fingerprint density at radius 1 is 0.828 bits per heavy atom. The van der Waals surface area contributed by atoms with Crippen LogP contribution in [0.3, 0.4) is 0 Å². The molecule has 2 N–H and O–H groups in total. The SMILES string of the molecule is C[N+](C)(C)CC(CC(=O)O)OC(=O)/C=C/CC/C=C/CC/C=C/CCCC(=O)O. The summed E-state index contributed by atoms with van der Waals surface area (Å²) in [6.07, 6.45) is 15.5. The number of nitrogens with zero attached hydrogens (tertiary/aromatic N) is 1. The van der Waals surface area contributed by atoms with Crippen molar-refractivity contribution in [2.24, 2.45) is 0 Å². The van der Waals surface area contributed by atoms with Crippen LogP contribution in [0.5, 0.6) is 0 Å². The van der Waals surface area contributed by atoms with Crippen molar-refractivity contribution in [3.05, 3.63) is 36.5 Å². The minimum atomic E-state index is -0.986. The van der Waals surface area contributed by atoms with Crippen molar-refractivity contribution in [1.29, 1.82) is 0 Å². The fraction of sp³-hybridized carbons (Fsp3) is 0.591. The fourth-order valence-electron chi connectivity index (χ4n) is 2.56. The summed E-state index contributed by atoms with van der Waals surface area (Å²) >= 11 is 0. The van der Waals surface area contributed by atoms with Crippen LogP contribution in [0.25, 0.3) is 0 Å². The predicted octanol–water partition coefficient (Wildman–Crippen LogP) is 3.56. The summed E-state index contributed by atoms with van der Waals surface area (Å²) in [5, 5.41) is 17.5. The molecule has 0 rings (SSSR count). The smallest absolute Gasteiger partial charge is 0.330 e. The number of likely N-dealkylation sites (N-methyl/N-ethyl adjacent to an activating group) is 1. The molecule has 1 atom stereocenters. The number of carboxylic acids is 2. The Kier molecular flexibility index (Phi) is 14.2. The standard InChI is InChI=1S/C22H35NO6/c1-23(2,3)18-19(17-21(26)27)29-22(28)16-14-12-10-8-6-4-5-7-9-11-13-15-20(24)25/h6-9,14,16,19H,4-5,10-13,15,17-18H2,1-3H3,(H-,24,25,26,27)/p+1/b8-6+,9-7+,16-14+. The van der Waals surface area contributed by atoms with Crippen molar-refractivity contribution in [3.8, 4) is 0 Å². The van der Waals surface area contributed by atoms with Gasteiger partial charge in [-0.05, 0) is 38.5 Å². The molecule has 0 fully saturated rings. The number of carbonyl (C=O) groups is 3. The lowest BCUT2D eigenvalue weighted by Crippen LogP contribution is -2.43. The molecule has 7 nitrogen and oxygen atoms in total. The maximum absolute atomic E-state index is 11.9. The first-order valence-corrected chi connectivity index (χ1v) is 10.0. The van der Waals surface area contributed by atoms with Crippen molar-refractivity contribution in [3.63, 3.8) is 0 Å². The van der Waals surface area contributed by atoms with Gasteiger partial charge in [0.25, 0.3) is 0 Å². The van der Waals surface area contributed by atoms with E-state index in [1.54, 1.807) is 6.08 Å². The van der Waals surface area contributed by atoms with E-state index in [0.717, 1.165) is 25.7 Å². The molecule has 1 unspecified atom stereocenters. The molecule has 0 amide bonds. The molecular weight excluding hydrogens is 374 g/mol.